The molecule has 154 valence electrons. The summed E-state index contributed by atoms with van der Waals surface area (Å²) >= 11 is 0. The van der Waals surface area contributed by atoms with Crippen LogP contribution in [0.4, 0.5) is 0 Å². The number of rotatable bonds is 8. The number of amides is 2. The maximum absolute atomic E-state index is 12.7. The number of ether oxygens (including phenoxy) is 1. The summed E-state index contributed by atoms with van der Waals surface area (Å²) in [6, 6.07) is 9.00. The molecular formula is C22H28N4O3. The number of aromatic nitrogens is 2. The molecule has 3 rings (SSSR count). The summed E-state index contributed by atoms with van der Waals surface area (Å²) in [6.45, 7) is 3.06. The van der Waals surface area contributed by atoms with Crippen LogP contribution in [0.1, 0.15) is 48.7 Å². The molecule has 2 N–H and O–H groups in total. The van der Waals surface area contributed by atoms with Crippen molar-refractivity contribution in [2.24, 2.45) is 5.92 Å². The zero-order valence-electron chi connectivity index (χ0n) is 16.7. The summed E-state index contributed by atoms with van der Waals surface area (Å²) in [5, 5.41) is 6.04. The molecule has 0 spiro atoms. The highest BCUT2D eigenvalue weighted by Crippen LogP contribution is 2.27. The molecule has 2 aromatic heterocycles. The molecule has 3 atom stereocenters. The minimum absolute atomic E-state index is 0.0118. The minimum Gasteiger partial charge on any atom is -0.376 e. The van der Waals surface area contributed by atoms with Gasteiger partial charge in [-0.05, 0) is 49.9 Å². The SMILES string of the molecule is CCCO[C@H]1C[C@@H](C(=O)NCc2ccccn2)CC[C@@H]1NC(=O)c1cccnc1. The van der Waals surface area contributed by atoms with Gasteiger partial charge in [-0.25, -0.2) is 0 Å². The fraction of sp³-hybridized carbons (Fsp3) is 0.455. The molecule has 0 aromatic carbocycles. The number of nitrogens with zero attached hydrogens (tertiary/aromatic N) is 2. The van der Waals surface area contributed by atoms with Crippen molar-refractivity contribution in [2.45, 2.75) is 51.3 Å². The maximum atomic E-state index is 12.7. The predicted molar refractivity (Wildman–Crippen MR) is 109 cm³/mol. The molecule has 7 nitrogen and oxygen atoms in total. The molecule has 2 aromatic rings. The monoisotopic (exact) mass is 396 g/mol. The van der Waals surface area contributed by atoms with Crippen molar-refractivity contribution in [1.29, 1.82) is 0 Å². The van der Waals surface area contributed by atoms with Gasteiger partial charge in [-0.1, -0.05) is 13.0 Å². The molecule has 1 aliphatic rings. The number of pyridine rings is 2. The molecule has 7 heteroatoms. The van der Waals surface area contributed by atoms with E-state index in [2.05, 4.69) is 20.6 Å². The first-order chi connectivity index (χ1) is 14.2. The lowest BCUT2D eigenvalue weighted by Gasteiger charge is -2.36. The van der Waals surface area contributed by atoms with Crippen LogP contribution in [0.3, 0.4) is 0 Å². The predicted octanol–water partition coefficient (Wildman–Crippen LogP) is 2.49. The van der Waals surface area contributed by atoms with E-state index in [0.717, 1.165) is 12.1 Å². The van der Waals surface area contributed by atoms with Crippen molar-refractivity contribution in [3.63, 3.8) is 0 Å². The molecule has 29 heavy (non-hydrogen) atoms. The van der Waals surface area contributed by atoms with Gasteiger partial charge in [-0.3, -0.25) is 19.6 Å². The Hall–Kier alpha value is -2.80. The van der Waals surface area contributed by atoms with Crippen molar-refractivity contribution >= 4 is 11.8 Å². The highest BCUT2D eigenvalue weighted by molar-refractivity contribution is 5.94. The van der Waals surface area contributed by atoms with Gasteiger partial charge in [0.05, 0.1) is 29.9 Å². The lowest BCUT2D eigenvalue weighted by molar-refractivity contribution is -0.128. The van der Waals surface area contributed by atoms with Gasteiger partial charge in [0.2, 0.25) is 5.91 Å². The van der Waals surface area contributed by atoms with Crippen molar-refractivity contribution in [3.05, 3.63) is 60.2 Å². The molecule has 2 heterocycles. The Morgan fingerprint density at radius 2 is 2.07 bits per heavy atom. The van der Waals surface area contributed by atoms with Gasteiger partial charge >= 0.3 is 0 Å². The Morgan fingerprint density at radius 1 is 1.17 bits per heavy atom. The lowest BCUT2D eigenvalue weighted by atomic mass is 9.83. The van der Waals surface area contributed by atoms with Crippen LogP contribution in [0, 0.1) is 5.92 Å². The van der Waals surface area contributed by atoms with Gasteiger partial charge in [-0.2, -0.15) is 0 Å². The third-order valence-electron chi connectivity index (χ3n) is 5.11. The second kappa shape index (κ2) is 10.7. The lowest BCUT2D eigenvalue weighted by Crippen LogP contribution is -2.50. The summed E-state index contributed by atoms with van der Waals surface area (Å²) < 4.78 is 6.00. The molecular weight excluding hydrogens is 368 g/mol. The van der Waals surface area contributed by atoms with Crippen LogP contribution in [0.5, 0.6) is 0 Å². The molecule has 0 radical (unpaired) electrons. The van der Waals surface area contributed by atoms with Crippen LogP contribution < -0.4 is 10.6 Å². The highest BCUT2D eigenvalue weighted by atomic mass is 16.5. The average Bonchev–Trinajstić information content (AvgIpc) is 2.78. The molecule has 1 saturated carbocycles. The molecule has 0 bridgehead atoms. The first kappa shape index (κ1) is 20.9. The van der Waals surface area contributed by atoms with E-state index in [1.807, 2.05) is 25.1 Å². The van der Waals surface area contributed by atoms with Gasteiger partial charge in [0.25, 0.3) is 5.91 Å². The zero-order valence-corrected chi connectivity index (χ0v) is 16.7. The van der Waals surface area contributed by atoms with Crippen LogP contribution in [-0.4, -0.2) is 40.5 Å². The Morgan fingerprint density at radius 3 is 2.79 bits per heavy atom. The summed E-state index contributed by atoms with van der Waals surface area (Å²) in [7, 11) is 0. The van der Waals surface area contributed by atoms with Gasteiger partial charge in [0.15, 0.2) is 0 Å². The Labute approximate surface area is 171 Å². The van der Waals surface area contributed by atoms with Crippen molar-refractivity contribution in [3.8, 4) is 0 Å². The number of hydrogen-bond donors (Lipinski definition) is 2. The third kappa shape index (κ3) is 6.09. The van der Waals surface area contributed by atoms with Crippen LogP contribution in [0.25, 0.3) is 0 Å². The van der Waals surface area contributed by atoms with Crippen LogP contribution in [0.2, 0.25) is 0 Å². The van der Waals surface area contributed by atoms with Gasteiger partial charge in [0, 0.05) is 31.1 Å². The smallest absolute Gasteiger partial charge is 0.253 e. The first-order valence-corrected chi connectivity index (χ1v) is 10.2. The van der Waals surface area contributed by atoms with Gasteiger partial charge in [-0.15, -0.1) is 0 Å². The fourth-order valence-electron chi connectivity index (χ4n) is 3.56. The minimum atomic E-state index is -0.185. The second-order valence-electron chi connectivity index (χ2n) is 7.28. The number of nitrogens with one attached hydrogen (secondary N) is 2. The molecule has 0 saturated heterocycles. The summed E-state index contributed by atoms with van der Waals surface area (Å²) in [6.07, 6.45) is 7.59. The van der Waals surface area contributed by atoms with E-state index in [9.17, 15) is 9.59 Å². The second-order valence-corrected chi connectivity index (χ2v) is 7.28. The Balaban J connectivity index is 1.57. The summed E-state index contributed by atoms with van der Waals surface area (Å²) in [5.74, 6) is -0.281. The van der Waals surface area contributed by atoms with E-state index < -0.39 is 0 Å². The van der Waals surface area contributed by atoms with E-state index in [4.69, 9.17) is 4.74 Å². The van der Waals surface area contributed by atoms with Crippen molar-refractivity contribution < 1.29 is 14.3 Å². The molecule has 2 amide bonds. The summed E-state index contributed by atoms with van der Waals surface area (Å²) in [4.78, 5) is 33.4. The van der Waals surface area contributed by atoms with E-state index in [1.165, 1.54) is 0 Å². The number of carbonyl (C=O) groups is 2. The average molecular weight is 396 g/mol. The molecule has 0 aliphatic heterocycles. The van der Waals surface area contributed by atoms with E-state index in [0.29, 0.717) is 38.0 Å². The van der Waals surface area contributed by atoms with Crippen molar-refractivity contribution in [2.75, 3.05) is 6.61 Å². The van der Waals surface area contributed by atoms with E-state index in [1.54, 1.807) is 30.7 Å². The largest absolute Gasteiger partial charge is 0.376 e. The van der Waals surface area contributed by atoms with Gasteiger partial charge < -0.3 is 15.4 Å². The van der Waals surface area contributed by atoms with Crippen LogP contribution in [-0.2, 0) is 16.1 Å². The third-order valence-corrected chi connectivity index (χ3v) is 5.11. The molecule has 1 fully saturated rings. The Bertz CT molecular complexity index is 785. The number of hydrogen-bond acceptors (Lipinski definition) is 5. The zero-order chi connectivity index (χ0) is 20.5. The van der Waals surface area contributed by atoms with Crippen LogP contribution >= 0.6 is 0 Å². The number of carbonyl (C=O) groups excluding carboxylic acids is 2. The standard InChI is InChI=1S/C22H28N4O3/c1-2-12-29-20-13-16(21(27)25-15-18-7-3-4-11-24-18)8-9-19(20)26-22(28)17-6-5-10-23-14-17/h3-7,10-11,14,16,19-20H,2,8-9,12-13,15H2,1H3,(H,25,27)(H,26,28)/t16-,19-,20-/m0/s1. The fourth-order valence-corrected chi connectivity index (χ4v) is 3.56. The topological polar surface area (TPSA) is 93.2 Å². The van der Waals surface area contributed by atoms with E-state index in [-0.39, 0.29) is 29.9 Å². The van der Waals surface area contributed by atoms with Crippen molar-refractivity contribution in [1.82, 2.24) is 20.6 Å². The maximum Gasteiger partial charge on any atom is 0.253 e. The molecule has 1 aliphatic carbocycles. The quantitative estimate of drug-likeness (QED) is 0.715. The highest BCUT2D eigenvalue weighted by Gasteiger charge is 2.35. The van der Waals surface area contributed by atoms with E-state index >= 15 is 0 Å². The normalized spacial score (nSPS) is 21.3. The molecule has 0 unspecified atom stereocenters. The summed E-state index contributed by atoms with van der Waals surface area (Å²) in [5.41, 5.74) is 1.36. The Kier molecular flexibility index (Phi) is 7.69. The van der Waals surface area contributed by atoms with Crippen LogP contribution in [0.15, 0.2) is 48.9 Å². The van der Waals surface area contributed by atoms with Gasteiger partial charge in [0.1, 0.15) is 0 Å². The first-order valence-electron chi connectivity index (χ1n) is 10.2.